The Hall–Kier alpha value is -1.74. The van der Waals surface area contributed by atoms with Crippen molar-refractivity contribution in [2.75, 3.05) is 5.75 Å². The Kier molecular flexibility index (Phi) is 4.14. The van der Waals surface area contributed by atoms with Crippen molar-refractivity contribution in [3.8, 4) is 11.8 Å². The van der Waals surface area contributed by atoms with Crippen LogP contribution in [-0.2, 0) is 0 Å². The minimum absolute atomic E-state index is 0.292. The number of hydrogen-bond donors (Lipinski definition) is 2. The number of hydrogen-bond acceptors (Lipinski definition) is 4. The van der Waals surface area contributed by atoms with Crippen LogP contribution >= 0.6 is 12.6 Å². The highest BCUT2D eigenvalue weighted by Gasteiger charge is 2.18. The van der Waals surface area contributed by atoms with Crippen molar-refractivity contribution >= 4 is 18.3 Å². The molecule has 0 aliphatic rings. The number of nitrogens with one attached hydrogen (secondary N) is 1. The second-order valence-electron chi connectivity index (χ2n) is 3.04. The maximum Gasteiger partial charge on any atom is 0.337 e. The highest BCUT2D eigenvalue weighted by Crippen LogP contribution is 2.14. The van der Waals surface area contributed by atoms with Gasteiger partial charge >= 0.3 is 11.2 Å². The molecule has 16 heavy (non-hydrogen) atoms. The third-order valence-corrected chi connectivity index (χ3v) is 2.19. The number of aromatic nitrogens is 1. The highest BCUT2D eigenvalue weighted by molar-refractivity contribution is 7.80. The molecule has 0 aromatic carbocycles. The topological polar surface area (TPSA) is 76.0 Å². The SMILES string of the molecule is Cc1c(C#CCCS)c[nH]c(=O)c1[N+](=O)[O-]. The van der Waals surface area contributed by atoms with Crippen LogP contribution in [0.15, 0.2) is 11.0 Å². The molecule has 0 aliphatic heterocycles. The average Bonchev–Trinajstić information content (AvgIpc) is 2.21. The van der Waals surface area contributed by atoms with E-state index in [0.29, 0.717) is 23.3 Å². The molecule has 0 radical (unpaired) electrons. The predicted molar refractivity (Wildman–Crippen MR) is 63.8 cm³/mol. The molecule has 1 rings (SSSR count). The quantitative estimate of drug-likeness (QED) is 0.352. The first-order chi connectivity index (χ1) is 7.57. The molecule has 1 N–H and O–H groups in total. The number of rotatable bonds is 2. The Labute approximate surface area is 97.4 Å². The molecule has 0 spiro atoms. The lowest BCUT2D eigenvalue weighted by molar-refractivity contribution is -0.386. The van der Waals surface area contributed by atoms with Crippen LogP contribution < -0.4 is 5.56 Å². The lowest BCUT2D eigenvalue weighted by Crippen LogP contribution is -2.13. The van der Waals surface area contributed by atoms with Gasteiger partial charge in [-0.1, -0.05) is 11.8 Å². The van der Waals surface area contributed by atoms with Crippen LogP contribution in [0.4, 0.5) is 5.69 Å². The molecule has 1 heterocycles. The van der Waals surface area contributed by atoms with E-state index >= 15 is 0 Å². The van der Waals surface area contributed by atoms with Crippen LogP contribution in [0.5, 0.6) is 0 Å². The number of H-pyrrole nitrogens is 1. The summed E-state index contributed by atoms with van der Waals surface area (Å²) in [5, 5.41) is 10.6. The molecule has 0 saturated heterocycles. The zero-order valence-electron chi connectivity index (χ0n) is 8.61. The van der Waals surface area contributed by atoms with Gasteiger partial charge in [0.1, 0.15) is 0 Å². The van der Waals surface area contributed by atoms with E-state index in [9.17, 15) is 14.9 Å². The largest absolute Gasteiger partial charge is 0.337 e. The summed E-state index contributed by atoms with van der Waals surface area (Å²) in [7, 11) is 0. The molecule has 0 saturated carbocycles. The zero-order chi connectivity index (χ0) is 12.1. The first-order valence-corrected chi connectivity index (χ1v) is 5.17. The molecular formula is C10H10N2O3S. The average molecular weight is 238 g/mol. The normalized spacial score (nSPS) is 9.38. The maximum absolute atomic E-state index is 11.2. The fourth-order valence-corrected chi connectivity index (χ4v) is 1.29. The van der Waals surface area contributed by atoms with Crippen LogP contribution in [0.1, 0.15) is 17.5 Å². The molecule has 0 unspecified atom stereocenters. The van der Waals surface area contributed by atoms with Gasteiger partial charge in [0.2, 0.25) is 0 Å². The molecule has 0 fully saturated rings. The molecule has 0 amide bonds. The van der Waals surface area contributed by atoms with E-state index in [4.69, 9.17) is 0 Å². The fourth-order valence-electron chi connectivity index (χ4n) is 1.18. The highest BCUT2D eigenvalue weighted by atomic mass is 32.1. The van der Waals surface area contributed by atoms with Crippen molar-refractivity contribution in [2.45, 2.75) is 13.3 Å². The van der Waals surface area contributed by atoms with E-state index in [0.717, 1.165) is 0 Å². The Balaban J connectivity index is 3.26. The summed E-state index contributed by atoms with van der Waals surface area (Å²) in [6, 6.07) is 0. The summed E-state index contributed by atoms with van der Waals surface area (Å²) in [5.74, 6) is 6.19. The fraction of sp³-hybridized carbons (Fsp3) is 0.300. The first kappa shape index (κ1) is 12.3. The molecule has 84 valence electrons. The van der Waals surface area contributed by atoms with Gasteiger partial charge in [0.25, 0.3) is 0 Å². The van der Waals surface area contributed by atoms with Crippen LogP contribution in [0, 0.1) is 28.9 Å². The van der Waals surface area contributed by atoms with Gasteiger partial charge in [0.05, 0.1) is 10.5 Å². The molecule has 1 aromatic rings. The summed E-state index contributed by atoms with van der Waals surface area (Å²) in [4.78, 5) is 23.5. The number of thiol groups is 1. The van der Waals surface area contributed by atoms with E-state index in [1.54, 1.807) is 0 Å². The van der Waals surface area contributed by atoms with Crippen LogP contribution in [-0.4, -0.2) is 15.7 Å². The van der Waals surface area contributed by atoms with Gasteiger partial charge in [-0.3, -0.25) is 14.9 Å². The molecule has 0 aliphatic carbocycles. The monoisotopic (exact) mass is 238 g/mol. The number of nitrogens with zero attached hydrogens (tertiary/aromatic N) is 1. The Morgan fingerprint density at radius 2 is 2.31 bits per heavy atom. The molecule has 6 heteroatoms. The minimum Gasteiger partial charge on any atom is -0.322 e. The van der Waals surface area contributed by atoms with Gasteiger partial charge in [-0.15, -0.1) is 0 Å². The Morgan fingerprint density at radius 1 is 1.62 bits per heavy atom. The van der Waals surface area contributed by atoms with E-state index < -0.39 is 16.2 Å². The van der Waals surface area contributed by atoms with E-state index in [-0.39, 0.29) is 0 Å². The minimum atomic E-state index is -0.706. The number of nitro groups is 1. The first-order valence-electron chi connectivity index (χ1n) is 4.54. The van der Waals surface area contributed by atoms with E-state index in [1.807, 2.05) is 0 Å². The lowest BCUT2D eigenvalue weighted by Gasteiger charge is -1.98. The van der Waals surface area contributed by atoms with Crippen molar-refractivity contribution < 1.29 is 4.92 Å². The van der Waals surface area contributed by atoms with Crippen LogP contribution in [0.2, 0.25) is 0 Å². The van der Waals surface area contributed by atoms with Crippen molar-refractivity contribution in [3.63, 3.8) is 0 Å². The zero-order valence-corrected chi connectivity index (χ0v) is 9.51. The van der Waals surface area contributed by atoms with Gasteiger partial charge in [0.15, 0.2) is 0 Å². The molecule has 5 nitrogen and oxygen atoms in total. The summed E-state index contributed by atoms with van der Waals surface area (Å²) < 4.78 is 0. The number of pyridine rings is 1. The third-order valence-electron chi connectivity index (χ3n) is 1.96. The Morgan fingerprint density at radius 3 is 2.88 bits per heavy atom. The van der Waals surface area contributed by atoms with Crippen molar-refractivity contribution in [2.24, 2.45) is 0 Å². The van der Waals surface area contributed by atoms with Gasteiger partial charge in [-0.05, 0) is 6.92 Å². The number of aromatic amines is 1. The predicted octanol–water partition coefficient (Wildman–Crippen LogP) is 1.26. The van der Waals surface area contributed by atoms with Gasteiger partial charge < -0.3 is 4.98 Å². The van der Waals surface area contributed by atoms with Crippen molar-refractivity contribution in [3.05, 3.63) is 37.8 Å². The smallest absolute Gasteiger partial charge is 0.322 e. The second-order valence-corrected chi connectivity index (χ2v) is 3.48. The molecular weight excluding hydrogens is 228 g/mol. The van der Waals surface area contributed by atoms with E-state index in [1.165, 1.54) is 13.1 Å². The summed E-state index contributed by atoms with van der Waals surface area (Å²) in [6.45, 7) is 1.51. The van der Waals surface area contributed by atoms with Crippen molar-refractivity contribution in [1.29, 1.82) is 0 Å². The molecule has 1 aromatic heterocycles. The summed E-state index contributed by atoms with van der Waals surface area (Å²) >= 11 is 3.99. The lowest BCUT2D eigenvalue weighted by atomic mass is 10.1. The van der Waals surface area contributed by atoms with Gasteiger partial charge in [-0.25, -0.2) is 0 Å². The standard InChI is InChI=1S/C10H10N2O3S/c1-7-8(4-2-3-5-16)6-11-10(13)9(7)12(14)15/h6,16H,3,5H2,1H3,(H,11,13). The third kappa shape index (κ3) is 2.64. The second kappa shape index (κ2) is 5.37. The molecule has 0 atom stereocenters. The van der Waals surface area contributed by atoms with Crippen molar-refractivity contribution in [1.82, 2.24) is 4.98 Å². The van der Waals surface area contributed by atoms with E-state index in [2.05, 4.69) is 29.5 Å². The van der Waals surface area contributed by atoms with Gasteiger partial charge in [-0.2, -0.15) is 12.6 Å². The van der Waals surface area contributed by atoms with Gasteiger partial charge in [0, 0.05) is 23.9 Å². The van der Waals surface area contributed by atoms with Crippen LogP contribution in [0.25, 0.3) is 0 Å². The summed E-state index contributed by atoms with van der Waals surface area (Å²) in [6.07, 6.45) is 1.98. The molecule has 0 bridgehead atoms. The maximum atomic E-state index is 11.2. The van der Waals surface area contributed by atoms with Crippen LogP contribution in [0.3, 0.4) is 0 Å². The Bertz CT molecular complexity index is 525. The summed E-state index contributed by atoms with van der Waals surface area (Å²) in [5.41, 5.74) is -0.395.